The van der Waals surface area contributed by atoms with Gasteiger partial charge < -0.3 is 27.5 Å². The Morgan fingerprint density at radius 2 is 0.971 bits per heavy atom. The van der Waals surface area contributed by atoms with E-state index in [1.807, 2.05) is 24.3 Å². The molecule has 1 unspecified atom stereocenters. The number of allylic oxidation sites excluding steroid dienone is 4. The summed E-state index contributed by atoms with van der Waals surface area (Å²) >= 11 is 0. The van der Waals surface area contributed by atoms with Crippen molar-refractivity contribution in [3.8, 4) is 0 Å². The fourth-order valence-electron chi connectivity index (χ4n) is 11.4. The number of fused-ring (bicyclic) bond motifs is 13. The molecule has 0 fully saturated rings. The Morgan fingerprint density at radius 3 is 1.59 bits per heavy atom. The van der Waals surface area contributed by atoms with Gasteiger partial charge in [0.2, 0.25) is 0 Å². The van der Waals surface area contributed by atoms with Gasteiger partial charge >= 0.3 is 0 Å². The molecule has 70 heavy (non-hydrogen) atoms. The van der Waals surface area contributed by atoms with Crippen molar-refractivity contribution in [2.45, 2.75) is 58.9 Å². The van der Waals surface area contributed by atoms with E-state index in [9.17, 15) is 0 Å². The average molecular weight is 911 g/mol. The smallest absolute Gasteiger partial charge is 0.137 e. The largest absolute Gasteiger partial charge is 0.460 e. The maximum Gasteiger partial charge on any atom is 0.137 e. The second kappa shape index (κ2) is 15.7. The predicted molar refractivity (Wildman–Crippen MR) is 290 cm³/mol. The summed E-state index contributed by atoms with van der Waals surface area (Å²) in [6.07, 6.45) is 12.1. The Kier molecular flexibility index (Phi) is 9.13. The Labute approximate surface area is 405 Å². The van der Waals surface area contributed by atoms with E-state index >= 15 is 0 Å². The third-order valence-electron chi connectivity index (χ3n) is 15.1. The number of para-hydroxylation sites is 2. The molecule has 4 heterocycles. The number of anilines is 4. The number of nitrogens with zero attached hydrogens (tertiary/aromatic N) is 2. The number of benzene rings is 8. The van der Waals surface area contributed by atoms with Crippen LogP contribution in [-0.4, -0.2) is 6.04 Å². The van der Waals surface area contributed by atoms with E-state index in [-0.39, 0.29) is 6.04 Å². The molecule has 8 aromatic carbocycles. The van der Waals surface area contributed by atoms with Gasteiger partial charge in [0.05, 0.1) is 6.04 Å². The zero-order valence-corrected chi connectivity index (χ0v) is 39.6. The molecule has 0 spiro atoms. The van der Waals surface area contributed by atoms with Crippen LogP contribution in [0.25, 0.3) is 93.6 Å². The standard InChI is InChI=1S/C64H50N2O4/c1-37(2)39-13-17-43(18-14-39)65(45-21-25-51-49-9-5-7-11-57(49)67-61(51)33-45)47-23-27-53-55-29-41-32-60-56(30-42(41)31-59(55)69-63(53)35-47)54-28-24-48(36-64(54)70-60)66(44-19-15-40(16-20-44)38(3)4)46-22-26-52-50-10-6-8-12-58(50)68-62(52)34-46/h5-15,17-19,21-35,37-38,48H,16,20,36H2,1-4H3. The van der Waals surface area contributed by atoms with Gasteiger partial charge in [0, 0.05) is 96.3 Å². The fraction of sp³-hybridized carbons (Fsp3) is 0.156. The maximum atomic E-state index is 6.87. The minimum Gasteiger partial charge on any atom is -0.460 e. The van der Waals surface area contributed by atoms with Crippen molar-refractivity contribution >= 4 is 116 Å². The highest BCUT2D eigenvalue weighted by molar-refractivity contribution is 6.13. The third kappa shape index (κ3) is 6.54. The monoisotopic (exact) mass is 910 g/mol. The van der Waals surface area contributed by atoms with Crippen molar-refractivity contribution in [2.75, 3.05) is 9.80 Å². The van der Waals surface area contributed by atoms with E-state index in [4.69, 9.17) is 17.7 Å². The lowest BCUT2D eigenvalue weighted by Gasteiger charge is -2.36. The molecule has 0 saturated carbocycles. The molecular formula is C64H50N2O4. The highest BCUT2D eigenvalue weighted by Gasteiger charge is 2.29. The molecule has 12 aromatic rings. The minimum atomic E-state index is 0.0617. The summed E-state index contributed by atoms with van der Waals surface area (Å²) in [6.45, 7) is 9.04. The molecule has 2 aliphatic carbocycles. The van der Waals surface area contributed by atoms with Crippen LogP contribution < -0.4 is 9.80 Å². The first-order valence-electron chi connectivity index (χ1n) is 24.7. The van der Waals surface area contributed by atoms with Crippen LogP contribution in [-0.2, 0) is 6.42 Å². The summed E-state index contributed by atoms with van der Waals surface area (Å²) in [5.74, 6) is 1.97. The quantitative estimate of drug-likeness (QED) is 0.151. The second-order valence-corrected chi connectivity index (χ2v) is 20.0. The van der Waals surface area contributed by atoms with E-state index in [2.05, 4.69) is 189 Å². The van der Waals surface area contributed by atoms with Gasteiger partial charge in [-0.15, -0.1) is 0 Å². The minimum absolute atomic E-state index is 0.0617. The zero-order valence-electron chi connectivity index (χ0n) is 39.6. The van der Waals surface area contributed by atoms with Gasteiger partial charge in [0.15, 0.2) is 0 Å². The first-order chi connectivity index (χ1) is 34.3. The van der Waals surface area contributed by atoms with Crippen LogP contribution in [0, 0.1) is 5.92 Å². The van der Waals surface area contributed by atoms with Gasteiger partial charge in [-0.1, -0.05) is 100 Å². The van der Waals surface area contributed by atoms with Crippen LogP contribution in [0.4, 0.5) is 22.7 Å². The van der Waals surface area contributed by atoms with Gasteiger partial charge in [-0.25, -0.2) is 0 Å². The van der Waals surface area contributed by atoms with E-state index < -0.39 is 0 Å². The van der Waals surface area contributed by atoms with Crippen LogP contribution in [0.2, 0.25) is 0 Å². The van der Waals surface area contributed by atoms with Gasteiger partial charge in [-0.05, 0) is 132 Å². The molecule has 0 bridgehead atoms. The lowest BCUT2D eigenvalue weighted by Crippen LogP contribution is -2.36. The van der Waals surface area contributed by atoms with E-state index in [0.717, 1.165) is 141 Å². The lowest BCUT2D eigenvalue weighted by atomic mass is 9.91. The fourth-order valence-corrected chi connectivity index (χ4v) is 11.4. The van der Waals surface area contributed by atoms with Crippen molar-refractivity contribution in [1.82, 2.24) is 0 Å². The summed E-state index contributed by atoms with van der Waals surface area (Å²) in [5.41, 5.74) is 15.6. The zero-order chi connectivity index (χ0) is 46.8. The van der Waals surface area contributed by atoms with E-state index in [0.29, 0.717) is 11.8 Å². The van der Waals surface area contributed by atoms with Crippen LogP contribution in [0.3, 0.4) is 0 Å². The SMILES string of the molecule is CC(C)C1=CC=C(N(c2ccc3c(c2)oc2ccccc23)C2C=Cc3c(oc4cc5cc6c(cc5cc34)oc3cc(N(c4ccc(C(C)C)cc4)c4ccc5c(c4)oc4ccccc45)ccc36)C2)CC1. The molecule has 0 saturated heterocycles. The number of rotatable bonds is 8. The normalized spacial score (nSPS) is 15.2. The lowest BCUT2D eigenvalue weighted by molar-refractivity contribution is 0.524. The molecule has 6 heteroatoms. The van der Waals surface area contributed by atoms with Crippen molar-refractivity contribution in [3.05, 3.63) is 198 Å². The van der Waals surface area contributed by atoms with Crippen LogP contribution in [0.5, 0.6) is 0 Å². The Bertz CT molecular complexity index is 4190. The molecule has 14 rings (SSSR count). The summed E-state index contributed by atoms with van der Waals surface area (Å²) in [4.78, 5) is 4.80. The van der Waals surface area contributed by atoms with Crippen LogP contribution in [0.1, 0.15) is 63.3 Å². The molecule has 340 valence electrons. The Balaban J connectivity index is 0.827. The molecule has 0 amide bonds. The van der Waals surface area contributed by atoms with E-state index in [1.165, 1.54) is 16.8 Å². The van der Waals surface area contributed by atoms with Gasteiger partial charge in [-0.2, -0.15) is 0 Å². The van der Waals surface area contributed by atoms with Crippen LogP contribution >= 0.6 is 0 Å². The van der Waals surface area contributed by atoms with Crippen molar-refractivity contribution in [1.29, 1.82) is 0 Å². The summed E-state index contributed by atoms with van der Waals surface area (Å²) in [6, 6.07) is 54.2. The van der Waals surface area contributed by atoms with Gasteiger partial charge in [0.25, 0.3) is 0 Å². The molecule has 0 radical (unpaired) electrons. The topological polar surface area (TPSA) is 59.0 Å². The third-order valence-corrected chi connectivity index (χ3v) is 15.1. The maximum absolute atomic E-state index is 6.87. The van der Waals surface area contributed by atoms with Crippen molar-refractivity contribution in [3.63, 3.8) is 0 Å². The highest BCUT2D eigenvalue weighted by Crippen LogP contribution is 2.44. The van der Waals surface area contributed by atoms with E-state index in [1.54, 1.807) is 0 Å². The summed E-state index contributed by atoms with van der Waals surface area (Å²) in [5, 5.41) is 10.00. The first kappa shape index (κ1) is 40.8. The van der Waals surface area contributed by atoms with Crippen molar-refractivity contribution in [2.24, 2.45) is 5.92 Å². The molecular weight excluding hydrogens is 861 g/mol. The number of hydrogen-bond acceptors (Lipinski definition) is 6. The van der Waals surface area contributed by atoms with Gasteiger partial charge in [-0.3, -0.25) is 0 Å². The first-order valence-corrected chi connectivity index (χ1v) is 24.7. The number of hydrogen-bond donors (Lipinski definition) is 0. The summed E-state index contributed by atoms with van der Waals surface area (Å²) < 4.78 is 26.5. The molecule has 2 aliphatic rings. The Hall–Kier alpha value is -8.22. The van der Waals surface area contributed by atoms with Crippen LogP contribution in [0.15, 0.2) is 199 Å². The summed E-state index contributed by atoms with van der Waals surface area (Å²) in [7, 11) is 0. The molecule has 1 atom stereocenters. The molecule has 4 aromatic heterocycles. The van der Waals surface area contributed by atoms with Crippen molar-refractivity contribution < 1.29 is 17.7 Å². The predicted octanol–water partition coefficient (Wildman–Crippen LogP) is 18.6. The Morgan fingerprint density at radius 1 is 0.443 bits per heavy atom. The highest BCUT2D eigenvalue weighted by atomic mass is 16.3. The molecule has 6 nitrogen and oxygen atoms in total. The average Bonchev–Trinajstić information content (AvgIpc) is 4.14. The second-order valence-electron chi connectivity index (χ2n) is 20.0. The number of furan rings is 4. The molecule has 0 aliphatic heterocycles. The van der Waals surface area contributed by atoms with Gasteiger partial charge in [0.1, 0.15) is 44.8 Å². The molecule has 0 N–H and O–H groups in total.